The number of rotatable bonds is 2. The van der Waals surface area contributed by atoms with Crippen molar-refractivity contribution in [3.8, 4) is 0 Å². The number of aryl methyl sites for hydroxylation is 1. The van der Waals surface area contributed by atoms with Gasteiger partial charge in [0.05, 0.1) is 11.3 Å². The van der Waals surface area contributed by atoms with Crippen molar-refractivity contribution in [1.29, 1.82) is 0 Å². The van der Waals surface area contributed by atoms with Crippen molar-refractivity contribution in [3.63, 3.8) is 0 Å². The summed E-state index contributed by atoms with van der Waals surface area (Å²) in [6, 6.07) is 5.64. The molecule has 1 aromatic heterocycles. The van der Waals surface area contributed by atoms with Crippen LogP contribution in [0.15, 0.2) is 34.9 Å². The Morgan fingerprint density at radius 3 is 2.76 bits per heavy atom. The number of amides is 1. The molecule has 0 aliphatic rings. The van der Waals surface area contributed by atoms with E-state index in [-0.39, 0.29) is 10.8 Å². The van der Waals surface area contributed by atoms with Gasteiger partial charge in [0, 0.05) is 11.3 Å². The fraction of sp³-hybridized carbons (Fsp3) is 0.0833. The molecule has 0 saturated carbocycles. The van der Waals surface area contributed by atoms with Gasteiger partial charge in [0.25, 0.3) is 5.91 Å². The number of carbonyl (C=O) groups excluding carboxylic acids is 1. The minimum absolute atomic E-state index is 0.0426. The third-order valence-corrected chi connectivity index (χ3v) is 2.54. The molecule has 0 aliphatic heterocycles. The summed E-state index contributed by atoms with van der Waals surface area (Å²) in [6.07, 6.45) is 1.43. The van der Waals surface area contributed by atoms with E-state index in [1.54, 1.807) is 13.0 Å². The van der Waals surface area contributed by atoms with Crippen LogP contribution in [-0.2, 0) is 0 Å². The Balaban J connectivity index is 2.19. The van der Waals surface area contributed by atoms with Gasteiger partial charge >= 0.3 is 0 Å². The quantitative estimate of drug-likeness (QED) is 0.888. The number of hydrogen-bond acceptors (Lipinski definition) is 2. The number of halogens is 2. The van der Waals surface area contributed by atoms with E-state index in [1.807, 2.05) is 0 Å². The zero-order valence-corrected chi connectivity index (χ0v) is 9.72. The second-order valence-electron chi connectivity index (χ2n) is 3.52. The molecule has 1 aromatic carbocycles. The Morgan fingerprint density at radius 1 is 1.41 bits per heavy atom. The van der Waals surface area contributed by atoms with Crippen LogP contribution in [0.25, 0.3) is 0 Å². The summed E-state index contributed by atoms with van der Waals surface area (Å²) < 4.78 is 17.9. The Bertz CT molecular complexity index is 565. The first kappa shape index (κ1) is 11.7. The predicted molar refractivity (Wildman–Crippen MR) is 62.8 cm³/mol. The Morgan fingerprint density at radius 2 is 2.18 bits per heavy atom. The van der Waals surface area contributed by atoms with E-state index in [0.717, 1.165) is 5.56 Å². The lowest BCUT2D eigenvalue weighted by Gasteiger charge is -2.04. The molecular weight excluding hydrogens is 245 g/mol. The second kappa shape index (κ2) is 4.59. The topological polar surface area (TPSA) is 42.2 Å². The molecule has 0 radical (unpaired) electrons. The molecule has 2 rings (SSSR count). The van der Waals surface area contributed by atoms with E-state index in [2.05, 4.69) is 5.32 Å². The first-order valence-corrected chi connectivity index (χ1v) is 5.26. The van der Waals surface area contributed by atoms with Gasteiger partial charge in [-0.15, -0.1) is 0 Å². The van der Waals surface area contributed by atoms with Crippen molar-refractivity contribution in [1.82, 2.24) is 0 Å². The Kier molecular flexibility index (Phi) is 3.15. The Hall–Kier alpha value is -1.81. The van der Waals surface area contributed by atoms with E-state index in [1.165, 1.54) is 24.5 Å². The normalized spacial score (nSPS) is 10.3. The third-order valence-electron chi connectivity index (χ3n) is 2.25. The second-order valence-corrected chi connectivity index (χ2v) is 3.92. The first-order chi connectivity index (χ1) is 8.08. The molecule has 0 spiro atoms. The number of benzene rings is 1. The number of carbonyl (C=O) groups is 1. The van der Waals surface area contributed by atoms with Crippen molar-refractivity contribution in [3.05, 3.63) is 52.7 Å². The van der Waals surface area contributed by atoms with Crippen molar-refractivity contribution in [2.75, 3.05) is 5.32 Å². The van der Waals surface area contributed by atoms with Gasteiger partial charge in [0.15, 0.2) is 5.76 Å². The van der Waals surface area contributed by atoms with E-state index in [0.29, 0.717) is 5.69 Å². The van der Waals surface area contributed by atoms with Crippen LogP contribution < -0.4 is 5.32 Å². The van der Waals surface area contributed by atoms with Gasteiger partial charge in [-0.05, 0) is 31.2 Å². The first-order valence-electron chi connectivity index (χ1n) is 4.88. The average molecular weight is 254 g/mol. The van der Waals surface area contributed by atoms with E-state index >= 15 is 0 Å². The fourth-order valence-corrected chi connectivity index (χ4v) is 1.55. The maximum atomic E-state index is 12.9. The lowest BCUT2D eigenvalue weighted by molar-refractivity contribution is 0.0996. The zero-order valence-electron chi connectivity index (χ0n) is 8.96. The average Bonchev–Trinajstić information content (AvgIpc) is 2.70. The lowest BCUT2D eigenvalue weighted by Crippen LogP contribution is -2.12. The van der Waals surface area contributed by atoms with Crippen LogP contribution in [0.5, 0.6) is 0 Å². The lowest BCUT2D eigenvalue weighted by atomic mass is 10.2. The standard InChI is InChI=1S/C12H9ClFNO2/c1-7-4-5-17-11(7)12(16)15-8-2-3-10(14)9(13)6-8/h2-6H,1H3,(H,15,16). The molecule has 3 nitrogen and oxygen atoms in total. The summed E-state index contributed by atoms with van der Waals surface area (Å²) in [4.78, 5) is 11.8. The summed E-state index contributed by atoms with van der Waals surface area (Å²) in [6.45, 7) is 1.76. The van der Waals surface area contributed by atoms with Crippen molar-refractivity contribution in [2.24, 2.45) is 0 Å². The van der Waals surface area contributed by atoms with Gasteiger partial charge in [0.2, 0.25) is 0 Å². The summed E-state index contributed by atoms with van der Waals surface area (Å²) in [5, 5.41) is 2.53. The van der Waals surface area contributed by atoms with Gasteiger partial charge in [0.1, 0.15) is 5.82 Å². The SMILES string of the molecule is Cc1ccoc1C(=O)Nc1ccc(F)c(Cl)c1. The van der Waals surface area contributed by atoms with Gasteiger partial charge < -0.3 is 9.73 Å². The van der Waals surface area contributed by atoms with Crippen molar-refractivity contribution < 1.29 is 13.6 Å². The fourth-order valence-electron chi connectivity index (χ4n) is 1.37. The minimum atomic E-state index is -0.529. The molecule has 17 heavy (non-hydrogen) atoms. The molecule has 88 valence electrons. The van der Waals surface area contributed by atoms with E-state index in [9.17, 15) is 9.18 Å². The third kappa shape index (κ3) is 2.47. The highest BCUT2D eigenvalue weighted by atomic mass is 35.5. The molecule has 0 fully saturated rings. The van der Waals surface area contributed by atoms with Crippen LogP contribution in [0.1, 0.15) is 16.1 Å². The summed E-state index contributed by atoms with van der Waals surface area (Å²) >= 11 is 5.60. The van der Waals surface area contributed by atoms with Crippen LogP contribution in [0, 0.1) is 12.7 Å². The maximum Gasteiger partial charge on any atom is 0.291 e. The largest absolute Gasteiger partial charge is 0.459 e. The molecule has 1 amide bonds. The molecule has 5 heteroatoms. The predicted octanol–water partition coefficient (Wildman–Crippen LogP) is 3.63. The highest BCUT2D eigenvalue weighted by Crippen LogP contribution is 2.20. The van der Waals surface area contributed by atoms with E-state index < -0.39 is 11.7 Å². The highest BCUT2D eigenvalue weighted by Gasteiger charge is 2.13. The highest BCUT2D eigenvalue weighted by molar-refractivity contribution is 6.31. The number of anilines is 1. The molecule has 0 aliphatic carbocycles. The minimum Gasteiger partial charge on any atom is -0.459 e. The van der Waals surface area contributed by atoms with Gasteiger partial charge in [-0.3, -0.25) is 4.79 Å². The van der Waals surface area contributed by atoms with Crippen molar-refractivity contribution >= 4 is 23.2 Å². The number of furan rings is 1. The molecular formula is C12H9ClFNO2. The maximum absolute atomic E-state index is 12.9. The zero-order chi connectivity index (χ0) is 12.4. The molecule has 0 unspecified atom stereocenters. The summed E-state index contributed by atoms with van der Waals surface area (Å²) in [7, 11) is 0. The van der Waals surface area contributed by atoms with Crippen LogP contribution in [0.4, 0.5) is 10.1 Å². The molecule has 1 N–H and O–H groups in total. The monoisotopic (exact) mass is 253 g/mol. The van der Waals surface area contributed by atoms with Gasteiger partial charge in [-0.1, -0.05) is 11.6 Å². The van der Waals surface area contributed by atoms with Crippen LogP contribution in [0.2, 0.25) is 5.02 Å². The molecule has 2 aromatic rings. The molecule has 0 atom stereocenters. The summed E-state index contributed by atoms with van der Waals surface area (Å²) in [5.74, 6) is -0.695. The summed E-state index contributed by atoms with van der Waals surface area (Å²) in [5.41, 5.74) is 1.15. The Labute approximate surface area is 102 Å². The van der Waals surface area contributed by atoms with Crippen LogP contribution in [0.3, 0.4) is 0 Å². The number of nitrogens with one attached hydrogen (secondary N) is 1. The number of hydrogen-bond donors (Lipinski definition) is 1. The van der Waals surface area contributed by atoms with Crippen LogP contribution >= 0.6 is 11.6 Å². The van der Waals surface area contributed by atoms with E-state index in [4.69, 9.17) is 16.0 Å². The smallest absolute Gasteiger partial charge is 0.291 e. The molecule has 1 heterocycles. The van der Waals surface area contributed by atoms with Crippen LogP contribution in [-0.4, -0.2) is 5.91 Å². The van der Waals surface area contributed by atoms with Gasteiger partial charge in [-0.25, -0.2) is 4.39 Å². The van der Waals surface area contributed by atoms with Crippen molar-refractivity contribution in [2.45, 2.75) is 6.92 Å². The molecule has 0 bridgehead atoms. The molecule has 0 saturated heterocycles. The van der Waals surface area contributed by atoms with Gasteiger partial charge in [-0.2, -0.15) is 0 Å².